The molecule has 2 aromatic rings. The zero-order chi connectivity index (χ0) is 14.1. The van der Waals surface area contributed by atoms with Crippen LogP contribution in [-0.4, -0.2) is 28.9 Å². The van der Waals surface area contributed by atoms with Crippen molar-refractivity contribution in [2.24, 2.45) is 7.05 Å². The summed E-state index contributed by atoms with van der Waals surface area (Å²) in [6, 6.07) is 5.28. The number of aromatic nitrogens is 2. The third kappa shape index (κ3) is 2.49. The van der Waals surface area contributed by atoms with Crippen LogP contribution in [0.5, 0.6) is 11.5 Å². The van der Waals surface area contributed by atoms with Gasteiger partial charge in [-0.25, -0.2) is 0 Å². The summed E-state index contributed by atoms with van der Waals surface area (Å²) >= 11 is 3.30. The lowest BCUT2D eigenvalue weighted by molar-refractivity contribution is 0.102. The van der Waals surface area contributed by atoms with Crippen LogP contribution >= 0.6 is 15.9 Å². The largest absolute Gasteiger partial charge is 0.486 e. The van der Waals surface area contributed by atoms with E-state index in [2.05, 4.69) is 26.3 Å². The number of amides is 1. The molecule has 3 rings (SSSR count). The van der Waals surface area contributed by atoms with Crippen molar-refractivity contribution in [3.63, 3.8) is 0 Å². The monoisotopic (exact) mass is 337 g/mol. The average Bonchev–Trinajstić information content (AvgIpc) is 2.78. The number of ether oxygens (including phenoxy) is 2. The van der Waals surface area contributed by atoms with Crippen LogP contribution in [-0.2, 0) is 7.05 Å². The minimum atomic E-state index is -0.283. The van der Waals surface area contributed by atoms with Crippen LogP contribution in [0.15, 0.2) is 28.9 Å². The Morgan fingerprint density at radius 3 is 2.80 bits per heavy atom. The van der Waals surface area contributed by atoms with E-state index in [-0.39, 0.29) is 5.91 Å². The van der Waals surface area contributed by atoms with Gasteiger partial charge in [-0.1, -0.05) is 0 Å². The minimum Gasteiger partial charge on any atom is -0.486 e. The summed E-state index contributed by atoms with van der Waals surface area (Å²) in [5.41, 5.74) is 0.971. The zero-order valence-electron chi connectivity index (χ0n) is 10.7. The van der Waals surface area contributed by atoms with Crippen molar-refractivity contribution < 1.29 is 14.3 Å². The van der Waals surface area contributed by atoms with E-state index in [1.165, 1.54) is 0 Å². The molecule has 0 bridgehead atoms. The molecule has 104 valence electrons. The summed E-state index contributed by atoms with van der Waals surface area (Å²) in [5.74, 6) is 1.04. The highest BCUT2D eigenvalue weighted by atomic mass is 79.9. The number of benzene rings is 1. The third-order valence-corrected chi connectivity index (χ3v) is 3.38. The molecular formula is C13H12BrN3O3. The molecule has 0 saturated heterocycles. The van der Waals surface area contributed by atoms with Gasteiger partial charge in [-0.3, -0.25) is 9.48 Å². The zero-order valence-corrected chi connectivity index (χ0v) is 12.3. The Hall–Kier alpha value is -2.02. The average molecular weight is 338 g/mol. The summed E-state index contributed by atoms with van der Waals surface area (Å²) in [4.78, 5) is 12.1. The lowest BCUT2D eigenvalue weighted by Gasteiger charge is -2.18. The normalized spacial score (nSPS) is 13.1. The molecule has 0 spiro atoms. The Balaban J connectivity index is 1.81. The van der Waals surface area contributed by atoms with Crippen LogP contribution in [0.2, 0.25) is 0 Å². The second kappa shape index (κ2) is 5.16. The molecule has 1 aromatic heterocycles. The molecule has 0 fully saturated rings. The molecule has 1 aromatic carbocycles. The molecule has 0 atom stereocenters. The van der Waals surface area contributed by atoms with E-state index in [0.717, 1.165) is 0 Å². The third-order valence-electron chi connectivity index (χ3n) is 2.80. The quantitative estimate of drug-likeness (QED) is 0.912. The molecule has 0 aliphatic carbocycles. The van der Waals surface area contributed by atoms with Crippen LogP contribution in [0.1, 0.15) is 10.5 Å². The Morgan fingerprint density at radius 1 is 1.35 bits per heavy atom. The van der Waals surface area contributed by atoms with Crippen molar-refractivity contribution in [1.82, 2.24) is 9.78 Å². The van der Waals surface area contributed by atoms with E-state index in [9.17, 15) is 4.79 Å². The molecule has 0 unspecified atom stereocenters. The fraction of sp³-hybridized carbons (Fsp3) is 0.231. The Labute approximate surface area is 123 Å². The van der Waals surface area contributed by atoms with Gasteiger partial charge in [-0.15, -0.1) is 0 Å². The molecule has 0 radical (unpaired) electrons. The van der Waals surface area contributed by atoms with Gasteiger partial charge < -0.3 is 14.8 Å². The predicted molar refractivity (Wildman–Crippen MR) is 76.3 cm³/mol. The fourth-order valence-electron chi connectivity index (χ4n) is 1.92. The van der Waals surface area contributed by atoms with Crippen molar-refractivity contribution in [3.8, 4) is 11.5 Å². The molecular weight excluding hydrogens is 326 g/mol. The van der Waals surface area contributed by atoms with Gasteiger partial charge in [0, 0.05) is 25.0 Å². The van der Waals surface area contributed by atoms with Crippen LogP contribution in [0.4, 0.5) is 5.69 Å². The van der Waals surface area contributed by atoms with Gasteiger partial charge in [0.05, 0.1) is 4.47 Å². The van der Waals surface area contributed by atoms with E-state index in [1.54, 1.807) is 36.1 Å². The number of carbonyl (C=O) groups is 1. The maximum Gasteiger partial charge on any atom is 0.277 e. The lowest BCUT2D eigenvalue weighted by Crippen LogP contribution is -2.17. The molecule has 2 heterocycles. The van der Waals surface area contributed by atoms with E-state index >= 15 is 0 Å². The predicted octanol–water partition coefficient (Wildman–Crippen LogP) is 2.21. The Morgan fingerprint density at radius 2 is 2.10 bits per heavy atom. The van der Waals surface area contributed by atoms with Crippen molar-refractivity contribution in [3.05, 3.63) is 34.6 Å². The van der Waals surface area contributed by atoms with Crippen LogP contribution in [0.3, 0.4) is 0 Å². The van der Waals surface area contributed by atoms with Gasteiger partial charge in [0.25, 0.3) is 5.91 Å². The second-order valence-corrected chi connectivity index (χ2v) is 5.17. The number of nitrogens with one attached hydrogen (secondary N) is 1. The fourth-order valence-corrected chi connectivity index (χ4v) is 2.48. The van der Waals surface area contributed by atoms with Crippen LogP contribution < -0.4 is 14.8 Å². The van der Waals surface area contributed by atoms with Gasteiger partial charge in [0.15, 0.2) is 17.2 Å². The van der Waals surface area contributed by atoms with Crippen molar-refractivity contribution in [2.45, 2.75) is 0 Å². The number of halogens is 1. The maximum absolute atomic E-state index is 12.1. The number of hydrogen-bond acceptors (Lipinski definition) is 4. The maximum atomic E-state index is 12.1. The number of aryl methyl sites for hydroxylation is 1. The number of fused-ring (bicyclic) bond motifs is 1. The first-order chi connectivity index (χ1) is 9.63. The summed E-state index contributed by atoms with van der Waals surface area (Å²) in [6.07, 6.45) is 1.72. The minimum absolute atomic E-state index is 0.283. The molecule has 20 heavy (non-hydrogen) atoms. The molecule has 6 nitrogen and oxygen atoms in total. The summed E-state index contributed by atoms with van der Waals surface area (Å²) in [5, 5.41) is 6.88. The van der Waals surface area contributed by atoms with E-state index in [4.69, 9.17) is 9.47 Å². The standard InChI is InChI=1S/C13H12BrN3O3/c1-17-7-9(14)12(16-17)13(18)15-8-2-3-10-11(6-8)20-5-4-19-10/h2-3,6-7H,4-5H2,1H3,(H,15,18). The molecule has 1 aliphatic rings. The van der Waals surface area contributed by atoms with Gasteiger partial charge in [0.2, 0.25) is 0 Å². The van der Waals surface area contributed by atoms with E-state index in [0.29, 0.717) is 40.6 Å². The molecule has 7 heteroatoms. The highest BCUT2D eigenvalue weighted by Gasteiger charge is 2.16. The number of hydrogen-bond donors (Lipinski definition) is 1. The summed E-state index contributed by atoms with van der Waals surface area (Å²) in [6.45, 7) is 1.05. The molecule has 0 saturated carbocycles. The smallest absolute Gasteiger partial charge is 0.277 e. The van der Waals surface area contributed by atoms with Crippen LogP contribution in [0, 0.1) is 0 Å². The van der Waals surface area contributed by atoms with E-state index < -0.39 is 0 Å². The first-order valence-corrected chi connectivity index (χ1v) is 6.83. The highest BCUT2D eigenvalue weighted by Crippen LogP contribution is 2.32. The van der Waals surface area contributed by atoms with Crippen molar-refractivity contribution in [2.75, 3.05) is 18.5 Å². The van der Waals surface area contributed by atoms with Gasteiger partial charge in [-0.05, 0) is 28.1 Å². The molecule has 1 amide bonds. The number of carbonyl (C=O) groups excluding carboxylic acids is 1. The Kier molecular flexibility index (Phi) is 3.35. The van der Waals surface area contributed by atoms with Gasteiger partial charge in [0.1, 0.15) is 13.2 Å². The number of rotatable bonds is 2. The SMILES string of the molecule is Cn1cc(Br)c(C(=O)Nc2ccc3c(c2)OCCO3)n1. The summed E-state index contributed by atoms with van der Waals surface area (Å²) in [7, 11) is 1.76. The van der Waals surface area contributed by atoms with E-state index in [1.807, 2.05) is 0 Å². The number of anilines is 1. The van der Waals surface area contributed by atoms with Crippen LogP contribution in [0.25, 0.3) is 0 Å². The second-order valence-electron chi connectivity index (χ2n) is 4.31. The van der Waals surface area contributed by atoms with Gasteiger partial charge in [-0.2, -0.15) is 5.10 Å². The van der Waals surface area contributed by atoms with Crippen molar-refractivity contribution in [1.29, 1.82) is 0 Å². The number of nitrogens with zero attached hydrogens (tertiary/aromatic N) is 2. The topological polar surface area (TPSA) is 65.4 Å². The van der Waals surface area contributed by atoms with Crippen molar-refractivity contribution >= 4 is 27.5 Å². The highest BCUT2D eigenvalue weighted by molar-refractivity contribution is 9.10. The Bertz CT molecular complexity index is 669. The first kappa shape index (κ1) is 13.0. The summed E-state index contributed by atoms with van der Waals surface area (Å²) < 4.78 is 13.1. The molecule has 1 N–H and O–H groups in total. The molecule has 1 aliphatic heterocycles. The lowest BCUT2D eigenvalue weighted by atomic mass is 10.2. The van der Waals surface area contributed by atoms with Gasteiger partial charge >= 0.3 is 0 Å². The first-order valence-electron chi connectivity index (χ1n) is 6.03.